The van der Waals surface area contributed by atoms with Crippen LogP contribution in [0.4, 0.5) is 0 Å². The zero-order valence-electron chi connectivity index (χ0n) is 30.2. The molecule has 5 fully saturated rings. The fourth-order valence-corrected chi connectivity index (χ4v) is 12.9. The van der Waals surface area contributed by atoms with Crippen molar-refractivity contribution in [3.8, 4) is 0 Å². The van der Waals surface area contributed by atoms with Gasteiger partial charge in [0.25, 0.3) is 0 Å². The van der Waals surface area contributed by atoms with Crippen molar-refractivity contribution in [1.82, 2.24) is 4.90 Å². The van der Waals surface area contributed by atoms with Crippen LogP contribution >= 0.6 is 0 Å². The molecule has 5 aliphatic rings. The molecule has 0 aromatic rings. The summed E-state index contributed by atoms with van der Waals surface area (Å²) in [6.07, 6.45) is 11.7. The Labute approximate surface area is 273 Å². The molecule has 1 N–H and O–H groups in total. The van der Waals surface area contributed by atoms with Gasteiger partial charge in [-0.1, -0.05) is 46.8 Å². The molecule has 0 bridgehead atoms. The molecule has 0 aromatic carbocycles. The van der Waals surface area contributed by atoms with E-state index in [4.69, 9.17) is 4.74 Å². The van der Waals surface area contributed by atoms with Gasteiger partial charge in [-0.25, -0.2) is 0 Å². The molecule has 6 heteroatoms. The van der Waals surface area contributed by atoms with Crippen molar-refractivity contribution in [3.05, 3.63) is 12.2 Å². The molecule has 5 aliphatic carbocycles. The molecule has 1 amide bonds. The van der Waals surface area contributed by atoms with Crippen molar-refractivity contribution < 1.29 is 24.2 Å². The smallest absolute Gasteiger partial charge is 0.309 e. The van der Waals surface area contributed by atoms with Crippen LogP contribution in [0, 0.1) is 62.1 Å². The van der Waals surface area contributed by atoms with Crippen LogP contribution in [0.2, 0.25) is 0 Å². The summed E-state index contributed by atoms with van der Waals surface area (Å²) in [7, 11) is 3.82. The molecule has 0 radical (unpaired) electrons. The van der Waals surface area contributed by atoms with Gasteiger partial charge in [0.15, 0.2) is 0 Å². The van der Waals surface area contributed by atoms with Gasteiger partial charge in [-0.2, -0.15) is 0 Å². The van der Waals surface area contributed by atoms with E-state index >= 15 is 0 Å². The second-order valence-corrected chi connectivity index (χ2v) is 18.7. The van der Waals surface area contributed by atoms with Gasteiger partial charge < -0.3 is 14.7 Å². The number of fused-ring (bicyclic) bond motifs is 7. The molecule has 5 rings (SSSR count). The van der Waals surface area contributed by atoms with Crippen LogP contribution in [-0.4, -0.2) is 48.1 Å². The van der Waals surface area contributed by atoms with Gasteiger partial charge in [0.1, 0.15) is 6.10 Å². The Morgan fingerprint density at radius 1 is 0.867 bits per heavy atom. The average molecular weight is 626 g/mol. The number of amides is 1. The number of hydrogen-bond donors (Lipinski definition) is 1. The summed E-state index contributed by atoms with van der Waals surface area (Å²) in [6.45, 7) is 22.4. The fraction of sp³-hybridized carbons (Fsp3) is 0.872. The first kappa shape index (κ1) is 34.5. The number of ether oxygens (including phenoxy) is 1. The van der Waals surface area contributed by atoms with Crippen LogP contribution in [0.1, 0.15) is 132 Å². The lowest BCUT2D eigenvalue weighted by molar-refractivity contribution is -0.250. The molecule has 0 unspecified atom stereocenters. The number of esters is 1. The van der Waals surface area contributed by atoms with E-state index in [1.165, 1.54) is 37.7 Å². The van der Waals surface area contributed by atoms with Crippen molar-refractivity contribution in [3.63, 3.8) is 0 Å². The number of carbonyl (C=O) groups is 3. The van der Waals surface area contributed by atoms with E-state index < -0.39 is 11.4 Å². The number of hydrogen-bond acceptors (Lipinski definition) is 4. The van der Waals surface area contributed by atoms with Crippen molar-refractivity contribution in [2.45, 2.75) is 139 Å². The Morgan fingerprint density at radius 3 is 2.13 bits per heavy atom. The van der Waals surface area contributed by atoms with Crippen molar-refractivity contribution in [2.75, 3.05) is 14.1 Å². The second-order valence-electron chi connectivity index (χ2n) is 18.7. The highest BCUT2D eigenvalue weighted by Crippen LogP contribution is 2.78. The summed E-state index contributed by atoms with van der Waals surface area (Å²) in [5.41, 5.74) is 0.683. The van der Waals surface area contributed by atoms with Gasteiger partial charge in [0.2, 0.25) is 5.91 Å². The number of carbonyl (C=O) groups excluding carboxylic acids is 2. The molecule has 254 valence electrons. The van der Waals surface area contributed by atoms with E-state index in [0.717, 1.165) is 32.1 Å². The molecule has 0 spiro atoms. The lowest BCUT2D eigenvalue weighted by Crippen LogP contribution is -2.67. The minimum absolute atomic E-state index is 0.0958. The predicted octanol–water partition coefficient (Wildman–Crippen LogP) is 8.54. The van der Waals surface area contributed by atoms with E-state index in [2.05, 4.69) is 48.1 Å². The van der Waals surface area contributed by atoms with Crippen LogP contribution in [0.25, 0.3) is 0 Å². The van der Waals surface area contributed by atoms with E-state index in [1.54, 1.807) is 18.7 Å². The van der Waals surface area contributed by atoms with Crippen LogP contribution in [0.3, 0.4) is 0 Å². The first-order chi connectivity index (χ1) is 20.7. The zero-order chi connectivity index (χ0) is 33.5. The van der Waals surface area contributed by atoms with Gasteiger partial charge >= 0.3 is 11.9 Å². The largest absolute Gasteiger partial charge is 0.481 e. The maximum Gasteiger partial charge on any atom is 0.309 e. The number of aliphatic carboxylic acids is 1. The third-order valence-electron chi connectivity index (χ3n) is 15.6. The molecule has 0 saturated heterocycles. The van der Waals surface area contributed by atoms with Crippen molar-refractivity contribution in [2.24, 2.45) is 62.1 Å². The highest BCUT2D eigenvalue weighted by atomic mass is 16.5. The molecule has 45 heavy (non-hydrogen) atoms. The summed E-state index contributed by atoms with van der Waals surface area (Å²) < 4.78 is 6.15. The molecule has 0 aliphatic heterocycles. The summed E-state index contributed by atoms with van der Waals surface area (Å²) in [6, 6.07) is 0. The lowest BCUT2D eigenvalue weighted by atomic mass is 9.32. The SMILES string of the molecule is C=C(C)[C@@H]1CC[C@]2(CC(=O)N(C)C)CC[C@]3(C)[C@H](CC[C@@H]4[C@@]5(C)CC[C@H](OC(=O)CC(C)(C)C(=O)O)C(C)(C)[C@@H]5CC[C@]43C)[C@@H]12. The number of carboxylic acids is 1. The highest BCUT2D eigenvalue weighted by molar-refractivity contribution is 5.81. The second kappa shape index (κ2) is 11.1. The average Bonchev–Trinajstić information content (AvgIpc) is 3.30. The Balaban J connectivity index is 1.42. The zero-order valence-corrected chi connectivity index (χ0v) is 30.2. The number of nitrogens with zero attached hydrogens (tertiary/aromatic N) is 1. The topological polar surface area (TPSA) is 83.9 Å². The van der Waals surface area contributed by atoms with Gasteiger partial charge in [-0.3, -0.25) is 14.4 Å². The first-order valence-electron chi connectivity index (χ1n) is 17.9. The summed E-state index contributed by atoms with van der Waals surface area (Å²) in [5.74, 6) is 1.61. The van der Waals surface area contributed by atoms with Gasteiger partial charge in [0, 0.05) is 25.9 Å². The number of rotatable bonds is 7. The van der Waals surface area contributed by atoms with Crippen molar-refractivity contribution in [1.29, 1.82) is 0 Å². The molecule has 0 aromatic heterocycles. The predicted molar refractivity (Wildman–Crippen MR) is 178 cm³/mol. The molecule has 5 saturated carbocycles. The quantitative estimate of drug-likeness (QED) is 0.226. The van der Waals surface area contributed by atoms with Crippen LogP contribution in [0.15, 0.2) is 12.2 Å². The first-order valence-corrected chi connectivity index (χ1v) is 17.9. The molecule has 10 atom stereocenters. The van der Waals surface area contributed by atoms with Crippen LogP contribution in [-0.2, 0) is 19.1 Å². The Morgan fingerprint density at radius 2 is 1.53 bits per heavy atom. The number of carboxylic acid groups (broad SMARTS) is 1. The Hall–Kier alpha value is -1.85. The lowest BCUT2D eigenvalue weighted by Gasteiger charge is -2.73. The number of allylic oxidation sites excluding steroid dienone is 1. The third kappa shape index (κ3) is 5.12. The highest BCUT2D eigenvalue weighted by Gasteiger charge is 2.71. The van der Waals surface area contributed by atoms with Crippen LogP contribution in [0.5, 0.6) is 0 Å². The minimum Gasteiger partial charge on any atom is -0.481 e. The van der Waals surface area contributed by atoms with E-state index in [1.807, 2.05) is 14.1 Å². The summed E-state index contributed by atoms with van der Waals surface area (Å²) in [4.78, 5) is 39.7. The standard InChI is InChI=1S/C39H63NO5/c1-24(2)25-14-19-39(22-30(41)40(10)11)21-20-37(8)26(32(25)39)12-13-28-36(7)17-16-29(45-31(42)23-34(3,4)33(43)44)35(5,6)27(36)15-18-38(28,37)9/h25-29,32H,1,12-23H2,2-11H3,(H,43,44)/t25-,26+,27-,28+,29-,32+,36-,37+,38+,39+/m0/s1. The molecule has 6 nitrogen and oxygen atoms in total. The summed E-state index contributed by atoms with van der Waals surface area (Å²) >= 11 is 0. The van der Waals surface area contributed by atoms with Gasteiger partial charge in [-0.15, -0.1) is 0 Å². The molecular formula is C39H63NO5. The van der Waals surface area contributed by atoms with E-state index in [9.17, 15) is 19.5 Å². The Bertz CT molecular complexity index is 1240. The Kier molecular flexibility index (Phi) is 8.51. The van der Waals surface area contributed by atoms with Gasteiger partial charge in [0.05, 0.1) is 11.8 Å². The van der Waals surface area contributed by atoms with E-state index in [-0.39, 0.29) is 51.5 Å². The maximum atomic E-state index is 13.3. The van der Waals surface area contributed by atoms with Crippen molar-refractivity contribution >= 4 is 17.8 Å². The monoisotopic (exact) mass is 625 g/mol. The molecule has 0 heterocycles. The van der Waals surface area contributed by atoms with Crippen LogP contribution < -0.4 is 0 Å². The van der Waals surface area contributed by atoms with Gasteiger partial charge in [-0.05, 0) is 136 Å². The maximum absolute atomic E-state index is 13.3. The van der Waals surface area contributed by atoms with E-state index in [0.29, 0.717) is 36.0 Å². The molecular weight excluding hydrogens is 562 g/mol. The third-order valence-corrected chi connectivity index (χ3v) is 15.6. The fourth-order valence-electron chi connectivity index (χ4n) is 12.9. The normalized spacial score (nSPS) is 43.6. The summed E-state index contributed by atoms with van der Waals surface area (Å²) in [5, 5.41) is 9.56. The minimum atomic E-state index is -1.13.